The number of methoxy groups -OCH3 is 2. The Kier molecular flexibility index (Phi) is 4.05. The Morgan fingerprint density at radius 1 is 1.10 bits per heavy atom. The van der Waals surface area contributed by atoms with E-state index in [4.69, 9.17) is 19.3 Å². The van der Waals surface area contributed by atoms with E-state index in [-0.39, 0.29) is 11.4 Å². The van der Waals surface area contributed by atoms with E-state index in [0.717, 1.165) is 0 Å². The van der Waals surface area contributed by atoms with Crippen molar-refractivity contribution in [2.24, 2.45) is 0 Å². The molecule has 104 valence electrons. The standard InChI is InChI=1S/C14H13NO5/c1-18-10-4-3-5-11(19-2)13(10)20-12-7-6-9(8-15-12)14(16)17/h3-8H,1-2H3,(H,16,17). The summed E-state index contributed by atoms with van der Waals surface area (Å²) >= 11 is 0. The second-order valence-electron chi connectivity index (χ2n) is 3.78. The maximum absolute atomic E-state index is 10.8. The molecule has 0 fully saturated rings. The average Bonchev–Trinajstić information content (AvgIpc) is 2.48. The molecule has 0 aliphatic rings. The summed E-state index contributed by atoms with van der Waals surface area (Å²) in [5.41, 5.74) is 0.0874. The quantitative estimate of drug-likeness (QED) is 0.903. The largest absolute Gasteiger partial charge is 0.493 e. The number of hydrogen-bond donors (Lipinski definition) is 1. The monoisotopic (exact) mass is 275 g/mol. The number of pyridine rings is 1. The van der Waals surface area contributed by atoms with Crippen LogP contribution in [0.1, 0.15) is 10.4 Å². The Hall–Kier alpha value is -2.76. The topological polar surface area (TPSA) is 77.9 Å². The number of nitrogens with zero attached hydrogens (tertiary/aromatic N) is 1. The summed E-state index contributed by atoms with van der Waals surface area (Å²) in [6, 6.07) is 8.10. The number of benzene rings is 1. The predicted octanol–water partition coefficient (Wildman–Crippen LogP) is 2.59. The lowest BCUT2D eigenvalue weighted by Crippen LogP contribution is -1.99. The third-order valence-electron chi connectivity index (χ3n) is 2.57. The van der Waals surface area contributed by atoms with E-state index >= 15 is 0 Å². The van der Waals surface area contributed by atoms with Crippen LogP contribution in [0.5, 0.6) is 23.1 Å². The minimum atomic E-state index is -1.04. The number of aromatic carboxylic acids is 1. The van der Waals surface area contributed by atoms with Gasteiger partial charge in [0.2, 0.25) is 11.6 Å². The van der Waals surface area contributed by atoms with Gasteiger partial charge in [0.25, 0.3) is 0 Å². The van der Waals surface area contributed by atoms with Crippen LogP contribution in [0.25, 0.3) is 0 Å². The van der Waals surface area contributed by atoms with Crippen LogP contribution in [0.2, 0.25) is 0 Å². The van der Waals surface area contributed by atoms with E-state index in [1.807, 2.05) is 0 Å². The van der Waals surface area contributed by atoms with Crippen LogP contribution in [0.15, 0.2) is 36.5 Å². The lowest BCUT2D eigenvalue weighted by molar-refractivity contribution is 0.0696. The van der Waals surface area contributed by atoms with Crippen molar-refractivity contribution >= 4 is 5.97 Å². The average molecular weight is 275 g/mol. The van der Waals surface area contributed by atoms with Crippen LogP contribution in [0.3, 0.4) is 0 Å². The number of carbonyl (C=O) groups is 1. The van der Waals surface area contributed by atoms with Crippen molar-refractivity contribution < 1.29 is 24.1 Å². The number of para-hydroxylation sites is 1. The van der Waals surface area contributed by atoms with E-state index in [0.29, 0.717) is 17.2 Å². The van der Waals surface area contributed by atoms with Gasteiger partial charge in [0.15, 0.2) is 11.5 Å². The number of carboxylic acid groups (broad SMARTS) is 1. The molecule has 0 unspecified atom stereocenters. The fraction of sp³-hybridized carbons (Fsp3) is 0.143. The summed E-state index contributed by atoms with van der Waals surface area (Å²) in [7, 11) is 3.03. The first kappa shape index (κ1) is 13.7. The van der Waals surface area contributed by atoms with Gasteiger partial charge in [-0.05, 0) is 18.2 Å². The smallest absolute Gasteiger partial charge is 0.337 e. The highest BCUT2D eigenvalue weighted by Crippen LogP contribution is 2.39. The fourth-order valence-electron chi connectivity index (χ4n) is 1.59. The summed E-state index contributed by atoms with van der Waals surface area (Å²) < 4.78 is 16.0. The molecule has 0 radical (unpaired) electrons. The van der Waals surface area contributed by atoms with E-state index in [9.17, 15) is 4.79 Å². The molecule has 20 heavy (non-hydrogen) atoms. The Morgan fingerprint density at radius 2 is 1.75 bits per heavy atom. The van der Waals surface area contributed by atoms with Gasteiger partial charge < -0.3 is 19.3 Å². The van der Waals surface area contributed by atoms with Crippen LogP contribution in [0, 0.1) is 0 Å². The van der Waals surface area contributed by atoms with E-state index < -0.39 is 5.97 Å². The second-order valence-corrected chi connectivity index (χ2v) is 3.78. The first-order valence-electron chi connectivity index (χ1n) is 5.74. The molecular formula is C14H13NO5. The first-order chi connectivity index (χ1) is 9.65. The van der Waals surface area contributed by atoms with Crippen LogP contribution in [-0.4, -0.2) is 30.3 Å². The molecule has 2 aromatic rings. The Labute approximate surface area is 115 Å². The van der Waals surface area contributed by atoms with Gasteiger partial charge in [0.1, 0.15) is 0 Å². The molecule has 0 saturated carbocycles. The van der Waals surface area contributed by atoms with E-state index in [2.05, 4.69) is 4.98 Å². The molecule has 6 nitrogen and oxygen atoms in total. The third-order valence-corrected chi connectivity index (χ3v) is 2.57. The van der Waals surface area contributed by atoms with Crippen molar-refractivity contribution in [2.75, 3.05) is 14.2 Å². The van der Waals surface area contributed by atoms with Crippen molar-refractivity contribution in [3.8, 4) is 23.1 Å². The first-order valence-corrected chi connectivity index (χ1v) is 5.74. The zero-order valence-corrected chi connectivity index (χ0v) is 11.0. The van der Waals surface area contributed by atoms with Gasteiger partial charge in [-0.1, -0.05) is 6.07 Å². The lowest BCUT2D eigenvalue weighted by Gasteiger charge is -2.13. The van der Waals surface area contributed by atoms with Gasteiger partial charge in [-0.25, -0.2) is 9.78 Å². The maximum atomic E-state index is 10.8. The number of rotatable bonds is 5. The highest BCUT2D eigenvalue weighted by Gasteiger charge is 2.13. The Bertz CT molecular complexity index is 587. The van der Waals surface area contributed by atoms with Crippen LogP contribution in [0.4, 0.5) is 0 Å². The second kappa shape index (κ2) is 5.92. The number of aromatic nitrogens is 1. The summed E-state index contributed by atoms with van der Waals surface area (Å²) in [4.78, 5) is 14.7. The summed E-state index contributed by atoms with van der Waals surface area (Å²) in [6.07, 6.45) is 1.22. The molecule has 6 heteroatoms. The van der Waals surface area contributed by atoms with Gasteiger partial charge in [-0.15, -0.1) is 0 Å². The minimum Gasteiger partial charge on any atom is -0.493 e. The van der Waals surface area contributed by atoms with Crippen LogP contribution >= 0.6 is 0 Å². The molecule has 1 heterocycles. The van der Waals surface area contributed by atoms with Gasteiger partial charge in [-0.3, -0.25) is 0 Å². The van der Waals surface area contributed by atoms with Crippen LogP contribution in [-0.2, 0) is 0 Å². The zero-order chi connectivity index (χ0) is 14.5. The Balaban J connectivity index is 2.31. The highest BCUT2D eigenvalue weighted by atomic mass is 16.5. The molecule has 1 aromatic carbocycles. The molecule has 1 N–H and O–H groups in total. The summed E-state index contributed by atoms with van der Waals surface area (Å²) in [6.45, 7) is 0. The molecule has 0 bridgehead atoms. The molecule has 2 rings (SSSR count). The molecule has 0 spiro atoms. The fourth-order valence-corrected chi connectivity index (χ4v) is 1.59. The summed E-state index contributed by atoms with van der Waals surface area (Å²) in [5.74, 6) is 0.576. The van der Waals surface area contributed by atoms with Crippen molar-refractivity contribution in [1.29, 1.82) is 0 Å². The van der Waals surface area contributed by atoms with Crippen molar-refractivity contribution in [2.45, 2.75) is 0 Å². The predicted molar refractivity (Wildman–Crippen MR) is 70.8 cm³/mol. The number of ether oxygens (including phenoxy) is 3. The van der Waals surface area contributed by atoms with Crippen molar-refractivity contribution in [3.05, 3.63) is 42.1 Å². The minimum absolute atomic E-state index is 0.0874. The SMILES string of the molecule is COc1cccc(OC)c1Oc1ccc(C(=O)O)cn1. The van der Waals surface area contributed by atoms with Gasteiger partial charge in [0, 0.05) is 12.3 Å². The molecule has 0 aliphatic heterocycles. The molecule has 0 saturated heterocycles. The third kappa shape index (κ3) is 2.80. The normalized spacial score (nSPS) is 9.90. The molecule has 1 aromatic heterocycles. The Morgan fingerprint density at radius 3 is 2.20 bits per heavy atom. The summed E-state index contributed by atoms with van der Waals surface area (Å²) in [5, 5.41) is 8.81. The number of hydrogen-bond acceptors (Lipinski definition) is 5. The van der Waals surface area contributed by atoms with Crippen LogP contribution < -0.4 is 14.2 Å². The van der Waals surface area contributed by atoms with E-state index in [1.54, 1.807) is 18.2 Å². The molecular weight excluding hydrogens is 262 g/mol. The molecule has 0 amide bonds. The molecule has 0 aliphatic carbocycles. The van der Waals surface area contributed by atoms with Gasteiger partial charge in [0.05, 0.1) is 19.8 Å². The molecule has 0 atom stereocenters. The van der Waals surface area contributed by atoms with Gasteiger partial charge in [-0.2, -0.15) is 0 Å². The maximum Gasteiger partial charge on any atom is 0.337 e. The highest BCUT2D eigenvalue weighted by molar-refractivity contribution is 5.87. The van der Waals surface area contributed by atoms with Gasteiger partial charge >= 0.3 is 5.97 Å². The van der Waals surface area contributed by atoms with E-state index in [1.165, 1.54) is 32.5 Å². The van der Waals surface area contributed by atoms with Crippen molar-refractivity contribution in [3.63, 3.8) is 0 Å². The number of carboxylic acids is 1. The zero-order valence-electron chi connectivity index (χ0n) is 11.0. The lowest BCUT2D eigenvalue weighted by atomic mass is 10.3. The van der Waals surface area contributed by atoms with Crippen molar-refractivity contribution in [1.82, 2.24) is 4.98 Å².